The van der Waals surface area contributed by atoms with Crippen LogP contribution in [0, 0.1) is 6.92 Å². The SMILES string of the molecule is Cc1ccc2c(NS(=O)(=O)N3CCCCC3)cccc2c1Oc1ncccc1-c1ccnc(NC2CCCN(C(=O)OC(C)(C)C)C2)n1. The van der Waals surface area contributed by atoms with Gasteiger partial charge in [0.25, 0.3) is 0 Å². The number of hydrogen-bond donors (Lipinski definition) is 2. The fourth-order valence-electron chi connectivity index (χ4n) is 6.08. The Morgan fingerprint density at radius 3 is 2.52 bits per heavy atom. The lowest BCUT2D eigenvalue weighted by Gasteiger charge is -2.34. The summed E-state index contributed by atoms with van der Waals surface area (Å²) in [5.74, 6) is 1.36. The van der Waals surface area contributed by atoms with Gasteiger partial charge in [-0.3, -0.25) is 4.72 Å². The summed E-state index contributed by atoms with van der Waals surface area (Å²) in [6.07, 6.45) is 7.47. The minimum atomic E-state index is -3.70. The standard InChI is InChI=1S/C35H43N7O5S/c1-24-15-16-26-27(12-8-14-30(26)40-48(44,45)42-21-6-5-7-22-42)31(24)46-32-28(13-9-18-36-32)29-17-19-37-33(39-29)38-25-11-10-20-41(23-25)34(43)47-35(2,3)4/h8-9,12-19,25,40H,5-7,10-11,20-23H2,1-4H3,(H,37,38,39). The molecular formula is C35H43N7O5S. The summed E-state index contributed by atoms with van der Waals surface area (Å²) in [5, 5.41) is 4.87. The van der Waals surface area contributed by atoms with Crippen LogP contribution in [0.25, 0.3) is 22.0 Å². The monoisotopic (exact) mass is 673 g/mol. The van der Waals surface area contributed by atoms with Gasteiger partial charge in [0.15, 0.2) is 0 Å². The molecule has 254 valence electrons. The minimum Gasteiger partial charge on any atom is -0.444 e. The zero-order chi connectivity index (χ0) is 33.9. The van der Waals surface area contributed by atoms with Crippen LogP contribution in [0.3, 0.4) is 0 Å². The van der Waals surface area contributed by atoms with Gasteiger partial charge in [-0.05, 0) is 83.2 Å². The predicted octanol–water partition coefficient (Wildman–Crippen LogP) is 6.75. The number of aryl methyl sites for hydroxylation is 1. The minimum absolute atomic E-state index is 0.0361. The number of hydrogen-bond acceptors (Lipinski definition) is 9. The lowest BCUT2D eigenvalue weighted by molar-refractivity contribution is 0.0206. The van der Waals surface area contributed by atoms with Crippen molar-refractivity contribution in [2.45, 2.75) is 71.4 Å². The Kier molecular flexibility index (Phi) is 9.70. The number of amides is 1. The van der Waals surface area contributed by atoms with Crippen LogP contribution in [0.4, 0.5) is 16.4 Å². The van der Waals surface area contributed by atoms with Crippen molar-refractivity contribution >= 4 is 38.7 Å². The second-order valence-corrected chi connectivity index (χ2v) is 15.0. The summed E-state index contributed by atoms with van der Waals surface area (Å²) in [5.41, 5.74) is 2.08. The van der Waals surface area contributed by atoms with E-state index in [1.807, 2.05) is 64.1 Å². The molecule has 12 nitrogen and oxygen atoms in total. The molecule has 2 aliphatic rings. The number of pyridine rings is 1. The highest BCUT2D eigenvalue weighted by molar-refractivity contribution is 7.90. The number of ether oxygens (including phenoxy) is 2. The number of carbonyl (C=O) groups is 1. The van der Waals surface area contributed by atoms with Crippen molar-refractivity contribution in [3.8, 4) is 22.9 Å². The summed E-state index contributed by atoms with van der Waals surface area (Å²) in [6.45, 7) is 9.69. The number of fused-ring (bicyclic) bond motifs is 1. The van der Waals surface area contributed by atoms with E-state index in [9.17, 15) is 13.2 Å². The van der Waals surface area contributed by atoms with Gasteiger partial charge in [0.2, 0.25) is 11.8 Å². The molecule has 2 saturated heterocycles. The first-order chi connectivity index (χ1) is 23.0. The van der Waals surface area contributed by atoms with Crippen LogP contribution in [0.2, 0.25) is 0 Å². The summed E-state index contributed by atoms with van der Waals surface area (Å²) in [4.78, 5) is 28.2. The van der Waals surface area contributed by atoms with Crippen LogP contribution in [-0.4, -0.2) is 76.5 Å². The molecule has 6 rings (SSSR count). The van der Waals surface area contributed by atoms with Crippen LogP contribution in [-0.2, 0) is 14.9 Å². The van der Waals surface area contributed by atoms with E-state index < -0.39 is 15.8 Å². The highest BCUT2D eigenvalue weighted by atomic mass is 32.2. The van der Waals surface area contributed by atoms with Crippen LogP contribution >= 0.6 is 0 Å². The fraction of sp³-hybridized carbons (Fsp3) is 0.429. The molecule has 1 amide bonds. The van der Waals surface area contributed by atoms with Gasteiger partial charge in [0.1, 0.15) is 11.4 Å². The molecule has 2 N–H and O–H groups in total. The van der Waals surface area contributed by atoms with E-state index in [-0.39, 0.29) is 12.1 Å². The summed E-state index contributed by atoms with van der Waals surface area (Å²) in [6, 6.07) is 14.8. The second kappa shape index (κ2) is 13.9. The van der Waals surface area contributed by atoms with Gasteiger partial charge in [-0.15, -0.1) is 0 Å². The van der Waals surface area contributed by atoms with Crippen molar-refractivity contribution in [2.24, 2.45) is 0 Å². The Morgan fingerprint density at radius 2 is 1.73 bits per heavy atom. The summed E-state index contributed by atoms with van der Waals surface area (Å²) >= 11 is 0. The van der Waals surface area contributed by atoms with Crippen LogP contribution in [0.15, 0.2) is 60.9 Å². The number of piperidine rings is 2. The first-order valence-corrected chi connectivity index (χ1v) is 17.9. The topological polar surface area (TPSA) is 139 Å². The van der Waals surface area contributed by atoms with Crippen molar-refractivity contribution in [3.05, 3.63) is 66.5 Å². The molecule has 1 unspecified atom stereocenters. The quantitative estimate of drug-likeness (QED) is 0.208. The van der Waals surface area contributed by atoms with Crippen LogP contribution < -0.4 is 14.8 Å². The van der Waals surface area contributed by atoms with E-state index in [0.29, 0.717) is 60.7 Å². The van der Waals surface area contributed by atoms with E-state index in [1.165, 1.54) is 4.31 Å². The predicted molar refractivity (Wildman–Crippen MR) is 186 cm³/mol. The van der Waals surface area contributed by atoms with Crippen LogP contribution in [0.1, 0.15) is 58.4 Å². The third-order valence-corrected chi connectivity index (χ3v) is 9.93. The molecule has 2 aromatic carbocycles. The van der Waals surface area contributed by atoms with E-state index in [1.54, 1.807) is 29.4 Å². The van der Waals surface area contributed by atoms with E-state index in [4.69, 9.17) is 14.5 Å². The van der Waals surface area contributed by atoms with Crippen molar-refractivity contribution in [2.75, 3.05) is 36.2 Å². The van der Waals surface area contributed by atoms with Crippen molar-refractivity contribution < 1.29 is 22.7 Å². The molecule has 0 bridgehead atoms. The molecule has 4 aromatic rings. The van der Waals surface area contributed by atoms with Crippen molar-refractivity contribution in [1.82, 2.24) is 24.2 Å². The molecule has 0 saturated carbocycles. The third-order valence-electron chi connectivity index (χ3n) is 8.41. The van der Waals surface area contributed by atoms with Gasteiger partial charge in [0.05, 0.1) is 16.9 Å². The van der Waals surface area contributed by atoms with Crippen molar-refractivity contribution in [3.63, 3.8) is 0 Å². The number of nitrogens with zero attached hydrogens (tertiary/aromatic N) is 5. The summed E-state index contributed by atoms with van der Waals surface area (Å²) in [7, 11) is -3.70. The molecule has 0 aliphatic carbocycles. The van der Waals surface area contributed by atoms with Gasteiger partial charge < -0.3 is 19.7 Å². The number of nitrogens with one attached hydrogen (secondary N) is 2. The highest BCUT2D eigenvalue weighted by Gasteiger charge is 2.28. The smallest absolute Gasteiger partial charge is 0.410 e. The maximum Gasteiger partial charge on any atom is 0.410 e. The normalized spacial score (nSPS) is 17.6. The third kappa shape index (κ3) is 7.79. The molecular weight excluding hydrogens is 630 g/mol. The Balaban J connectivity index is 1.24. The van der Waals surface area contributed by atoms with Gasteiger partial charge in [-0.1, -0.05) is 30.7 Å². The largest absolute Gasteiger partial charge is 0.444 e. The van der Waals surface area contributed by atoms with Gasteiger partial charge in [-0.25, -0.2) is 19.7 Å². The molecule has 13 heteroatoms. The number of carbonyl (C=O) groups excluding carboxylic acids is 1. The second-order valence-electron chi connectivity index (χ2n) is 13.3. The van der Waals surface area contributed by atoms with Gasteiger partial charge in [-0.2, -0.15) is 12.7 Å². The number of aromatic nitrogens is 3. The Bertz CT molecular complexity index is 1890. The maximum absolute atomic E-state index is 13.2. The van der Waals surface area contributed by atoms with E-state index in [0.717, 1.165) is 48.4 Å². The van der Waals surface area contributed by atoms with E-state index >= 15 is 0 Å². The molecule has 0 radical (unpaired) electrons. The summed E-state index contributed by atoms with van der Waals surface area (Å²) < 4.78 is 42.9. The van der Waals surface area contributed by atoms with Crippen LogP contribution in [0.5, 0.6) is 11.6 Å². The zero-order valence-corrected chi connectivity index (χ0v) is 28.7. The molecule has 2 aromatic heterocycles. The Hall–Kier alpha value is -4.49. The number of likely N-dealkylation sites (tertiary alicyclic amines) is 1. The van der Waals surface area contributed by atoms with Gasteiger partial charge >= 0.3 is 16.3 Å². The molecule has 2 fully saturated rings. The molecule has 4 heterocycles. The number of benzene rings is 2. The van der Waals surface area contributed by atoms with Gasteiger partial charge in [0, 0.05) is 55.4 Å². The zero-order valence-electron chi connectivity index (χ0n) is 27.9. The Labute approximate surface area is 282 Å². The first kappa shape index (κ1) is 33.4. The fourth-order valence-corrected chi connectivity index (χ4v) is 7.41. The Morgan fingerprint density at radius 1 is 0.917 bits per heavy atom. The van der Waals surface area contributed by atoms with E-state index in [2.05, 4.69) is 20.0 Å². The number of rotatable bonds is 8. The average Bonchev–Trinajstić information content (AvgIpc) is 3.06. The highest BCUT2D eigenvalue weighted by Crippen LogP contribution is 2.39. The molecule has 0 spiro atoms. The molecule has 1 atom stereocenters. The molecule has 2 aliphatic heterocycles. The molecule has 48 heavy (non-hydrogen) atoms. The average molecular weight is 674 g/mol. The van der Waals surface area contributed by atoms with Crippen molar-refractivity contribution in [1.29, 1.82) is 0 Å². The number of anilines is 2. The first-order valence-electron chi connectivity index (χ1n) is 16.5. The lowest BCUT2D eigenvalue weighted by atomic mass is 10.0. The lowest BCUT2D eigenvalue weighted by Crippen LogP contribution is -2.47. The maximum atomic E-state index is 13.2.